The maximum atomic E-state index is 13.4. The van der Waals surface area contributed by atoms with Crippen LogP contribution < -0.4 is 10.2 Å². The summed E-state index contributed by atoms with van der Waals surface area (Å²) in [6.45, 7) is 0. The predicted octanol–water partition coefficient (Wildman–Crippen LogP) is 3.36. The van der Waals surface area contributed by atoms with Gasteiger partial charge >= 0.3 is 0 Å². The number of hydrogen-bond donors (Lipinski definition) is 1. The first-order valence-corrected chi connectivity index (χ1v) is 6.82. The quantitative estimate of drug-likeness (QED) is 0.678. The zero-order valence-corrected chi connectivity index (χ0v) is 12.7. The number of nitrogens with one attached hydrogen (secondary N) is 1. The van der Waals surface area contributed by atoms with E-state index in [1.807, 2.05) is 0 Å². The van der Waals surface area contributed by atoms with Crippen LogP contribution in [0, 0.1) is 5.82 Å². The molecule has 0 radical (unpaired) electrons. The Balaban J connectivity index is 2.12. The molecule has 0 unspecified atom stereocenters. The SMILES string of the molecule is COc1ccc(Br)cc1C(=O)N/N=C\c1ccccc1F. The Bertz CT molecular complexity index is 689. The number of ether oxygens (including phenoxy) is 1. The van der Waals surface area contributed by atoms with Crippen LogP contribution in [0.25, 0.3) is 0 Å². The number of hydrogen-bond acceptors (Lipinski definition) is 3. The molecule has 0 aliphatic heterocycles. The molecule has 108 valence electrons. The second-order valence-corrected chi connectivity index (χ2v) is 4.98. The number of halogens is 2. The van der Waals surface area contributed by atoms with Crippen molar-refractivity contribution < 1.29 is 13.9 Å². The minimum atomic E-state index is -0.444. The molecule has 1 amide bonds. The van der Waals surface area contributed by atoms with Crippen molar-refractivity contribution in [3.8, 4) is 5.75 Å². The Morgan fingerprint density at radius 3 is 2.81 bits per heavy atom. The van der Waals surface area contributed by atoms with Crippen molar-refractivity contribution >= 4 is 28.1 Å². The number of methoxy groups -OCH3 is 1. The van der Waals surface area contributed by atoms with Crippen LogP contribution in [-0.4, -0.2) is 19.2 Å². The molecule has 21 heavy (non-hydrogen) atoms. The van der Waals surface area contributed by atoms with Crippen molar-refractivity contribution in [3.63, 3.8) is 0 Å². The molecule has 0 aromatic heterocycles. The van der Waals surface area contributed by atoms with Gasteiger partial charge in [-0.3, -0.25) is 4.79 Å². The summed E-state index contributed by atoms with van der Waals surface area (Å²) in [5.74, 6) is -0.423. The van der Waals surface area contributed by atoms with Crippen LogP contribution >= 0.6 is 15.9 Å². The van der Waals surface area contributed by atoms with Crippen LogP contribution in [0.1, 0.15) is 15.9 Å². The Morgan fingerprint density at radius 2 is 2.10 bits per heavy atom. The minimum absolute atomic E-state index is 0.291. The van der Waals surface area contributed by atoms with Gasteiger partial charge in [0.25, 0.3) is 5.91 Å². The first kappa shape index (κ1) is 15.2. The van der Waals surface area contributed by atoms with Crippen LogP contribution in [-0.2, 0) is 0 Å². The summed E-state index contributed by atoms with van der Waals surface area (Å²) in [5.41, 5.74) is 2.96. The summed E-state index contributed by atoms with van der Waals surface area (Å²) >= 11 is 3.28. The highest BCUT2D eigenvalue weighted by atomic mass is 79.9. The van der Waals surface area contributed by atoms with Crippen LogP contribution in [0.15, 0.2) is 52.0 Å². The summed E-state index contributed by atoms with van der Waals surface area (Å²) in [6.07, 6.45) is 1.25. The average molecular weight is 351 g/mol. The summed E-state index contributed by atoms with van der Waals surface area (Å²) < 4.78 is 19.2. The lowest BCUT2D eigenvalue weighted by atomic mass is 10.2. The summed E-state index contributed by atoms with van der Waals surface area (Å²) in [5, 5.41) is 3.75. The van der Waals surface area contributed by atoms with Crippen LogP contribution in [0.5, 0.6) is 5.75 Å². The monoisotopic (exact) mass is 350 g/mol. The fourth-order valence-corrected chi connectivity index (χ4v) is 2.02. The molecule has 0 saturated carbocycles. The van der Waals surface area contributed by atoms with Gasteiger partial charge in [-0.2, -0.15) is 5.10 Å². The van der Waals surface area contributed by atoms with Crippen LogP contribution in [0.2, 0.25) is 0 Å². The Kier molecular flexibility index (Phi) is 5.05. The minimum Gasteiger partial charge on any atom is -0.496 e. The number of benzene rings is 2. The average Bonchev–Trinajstić information content (AvgIpc) is 2.49. The number of amides is 1. The molecule has 0 atom stereocenters. The van der Waals surface area contributed by atoms with E-state index < -0.39 is 11.7 Å². The molecule has 1 N–H and O–H groups in total. The van der Waals surface area contributed by atoms with Crippen molar-refractivity contribution in [2.24, 2.45) is 5.10 Å². The van der Waals surface area contributed by atoms with Gasteiger partial charge in [0.05, 0.1) is 18.9 Å². The lowest BCUT2D eigenvalue weighted by Gasteiger charge is -2.07. The number of carbonyl (C=O) groups is 1. The van der Waals surface area contributed by atoms with Gasteiger partial charge in [-0.1, -0.05) is 34.1 Å². The molecule has 0 bridgehead atoms. The molecular formula is C15H12BrFN2O2. The van der Waals surface area contributed by atoms with Crippen LogP contribution in [0.3, 0.4) is 0 Å². The Morgan fingerprint density at radius 1 is 1.33 bits per heavy atom. The van der Waals surface area contributed by atoms with Gasteiger partial charge in [0.1, 0.15) is 11.6 Å². The molecule has 0 heterocycles. The van der Waals surface area contributed by atoms with Crippen molar-refractivity contribution in [1.29, 1.82) is 0 Å². The third kappa shape index (κ3) is 3.88. The second kappa shape index (κ2) is 6.99. The first-order chi connectivity index (χ1) is 10.1. The molecule has 2 rings (SSSR count). The van der Waals surface area contributed by atoms with E-state index in [1.54, 1.807) is 36.4 Å². The largest absolute Gasteiger partial charge is 0.496 e. The van der Waals surface area contributed by atoms with Gasteiger partial charge < -0.3 is 4.74 Å². The van der Waals surface area contributed by atoms with Gasteiger partial charge in [0.2, 0.25) is 0 Å². The second-order valence-electron chi connectivity index (χ2n) is 4.07. The predicted molar refractivity (Wildman–Crippen MR) is 82.2 cm³/mol. The third-order valence-electron chi connectivity index (χ3n) is 2.68. The van der Waals surface area contributed by atoms with Gasteiger partial charge in [-0.05, 0) is 24.3 Å². The number of rotatable bonds is 4. The van der Waals surface area contributed by atoms with E-state index in [2.05, 4.69) is 26.5 Å². The molecule has 2 aromatic rings. The van der Waals surface area contributed by atoms with Crippen molar-refractivity contribution in [3.05, 3.63) is 63.9 Å². The van der Waals surface area contributed by atoms with E-state index in [0.29, 0.717) is 16.9 Å². The lowest BCUT2D eigenvalue weighted by Crippen LogP contribution is -2.18. The molecule has 4 nitrogen and oxygen atoms in total. The zero-order valence-electron chi connectivity index (χ0n) is 11.1. The number of hydrazone groups is 1. The third-order valence-corrected chi connectivity index (χ3v) is 3.17. The van der Waals surface area contributed by atoms with E-state index in [1.165, 1.54) is 19.4 Å². The standard InChI is InChI=1S/C15H12BrFN2O2/c1-21-14-7-6-11(16)8-12(14)15(20)19-18-9-10-4-2-3-5-13(10)17/h2-9H,1H3,(H,19,20)/b18-9-. The normalized spacial score (nSPS) is 10.6. The summed E-state index contributed by atoms with van der Waals surface area (Å²) in [7, 11) is 1.47. The van der Waals surface area contributed by atoms with Gasteiger partial charge in [0.15, 0.2) is 0 Å². The van der Waals surface area contributed by atoms with Crippen molar-refractivity contribution in [2.45, 2.75) is 0 Å². The van der Waals surface area contributed by atoms with E-state index in [-0.39, 0.29) is 0 Å². The Hall–Kier alpha value is -2.21. The maximum absolute atomic E-state index is 13.4. The molecular weight excluding hydrogens is 339 g/mol. The highest BCUT2D eigenvalue weighted by molar-refractivity contribution is 9.10. The first-order valence-electron chi connectivity index (χ1n) is 6.03. The van der Waals surface area contributed by atoms with Gasteiger partial charge in [-0.15, -0.1) is 0 Å². The maximum Gasteiger partial charge on any atom is 0.275 e. The van der Waals surface area contributed by atoms with E-state index in [9.17, 15) is 9.18 Å². The van der Waals surface area contributed by atoms with Crippen molar-refractivity contribution in [2.75, 3.05) is 7.11 Å². The van der Waals surface area contributed by atoms with Gasteiger partial charge in [0, 0.05) is 10.0 Å². The van der Waals surface area contributed by atoms with E-state index in [0.717, 1.165) is 4.47 Å². The summed E-state index contributed by atoms with van der Waals surface area (Å²) in [4.78, 5) is 12.0. The molecule has 0 aliphatic carbocycles. The molecule has 0 spiro atoms. The lowest BCUT2D eigenvalue weighted by molar-refractivity contribution is 0.0952. The van der Waals surface area contributed by atoms with E-state index >= 15 is 0 Å². The van der Waals surface area contributed by atoms with Gasteiger partial charge in [-0.25, -0.2) is 9.82 Å². The fraction of sp³-hybridized carbons (Fsp3) is 0.0667. The molecule has 0 fully saturated rings. The van der Waals surface area contributed by atoms with Crippen molar-refractivity contribution in [1.82, 2.24) is 5.43 Å². The number of carbonyl (C=O) groups excluding carboxylic acids is 1. The molecule has 0 aliphatic rings. The number of nitrogens with zero attached hydrogens (tertiary/aromatic N) is 1. The summed E-state index contributed by atoms with van der Waals surface area (Å²) in [6, 6.07) is 11.2. The highest BCUT2D eigenvalue weighted by Gasteiger charge is 2.11. The zero-order chi connectivity index (χ0) is 15.2. The topological polar surface area (TPSA) is 50.7 Å². The highest BCUT2D eigenvalue weighted by Crippen LogP contribution is 2.22. The van der Waals surface area contributed by atoms with E-state index in [4.69, 9.17) is 4.74 Å². The molecule has 2 aromatic carbocycles. The van der Waals surface area contributed by atoms with Crippen LogP contribution in [0.4, 0.5) is 4.39 Å². The molecule has 6 heteroatoms. The fourth-order valence-electron chi connectivity index (χ4n) is 1.66. The molecule has 0 saturated heterocycles. The smallest absolute Gasteiger partial charge is 0.275 e. The Labute approximate surface area is 129 Å².